The number of nitrogens with zero attached hydrogens (tertiary/aromatic N) is 2. The highest BCUT2D eigenvalue weighted by atomic mass is 16.5. The van der Waals surface area contributed by atoms with Crippen LogP contribution in [0.1, 0.15) is 43.5 Å². The summed E-state index contributed by atoms with van der Waals surface area (Å²) in [4.78, 5) is 4.11. The van der Waals surface area contributed by atoms with E-state index in [1.165, 1.54) is 16.7 Å². The van der Waals surface area contributed by atoms with E-state index in [1.807, 2.05) is 30.9 Å². The minimum Gasteiger partial charge on any atom is -0.457 e. The highest BCUT2D eigenvalue weighted by Crippen LogP contribution is 2.44. The number of fused-ring (bicyclic) bond motifs is 2. The predicted octanol–water partition coefficient (Wildman–Crippen LogP) is 4.67. The van der Waals surface area contributed by atoms with Crippen molar-refractivity contribution in [1.29, 1.82) is 0 Å². The Kier molecular flexibility index (Phi) is 4.29. The zero-order chi connectivity index (χ0) is 18.1. The molecule has 0 saturated heterocycles. The van der Waals surface area contributed by atoms with Gasteiger partial charge in [0.1, 0.15) is 11.5 Å². The van der Waals surface area contributed by atoms with Crippen LogP contribution in [0.15, 0.2) is 61.2 Å². The van der Waals surface area contributed by atoms with Gasteiger partial charge in [0.2, 0.25) is 0 Å². The standard InChI is InChI=1S/C22H25N3O/c1-22(2,3)16-8-9-20-18(14-16)21(17-6-4-5-7-19(17)26-20)24-11-13-25-12-10-23-15-25/h4-10,12,14-15,21,24H,11,13H2,1-3H3. The van der Waals surface area contributed by atoms with Crippen LogP contribution in [0, 0.1) is 0 Å². The first kappa shape index (κ1) is 16.9. The maximum atomic E-state index is 6.17. The zero-order valence-corrected chi connectivity index (χ0v) is 15.6. The van der Waals surface area contributed by atoms with E-state index in [1.54, 1.807) is 0 Å². The summed E-state index contributed by atoms with van der Waals surface area (Å²) < 4.78 is 8.26. The molecule has 0 fully saturated rings. The average molecular weight is 347 g/mol. The van der Waals surface area contributed by atoms with Gasteiger partial charge in [-0.25, -0.2) is 4.98 Å². The van der Waals surface area contributed by atoms with Gasteiger partial charge in [0.05, 0.1) is 12.4 Å². The van der Waals surface area contributed by atoms with E-state index in [2.05, 4.69) is 66.0 Å². The Morgan fingerprint density at radius 3 is 2.65 bits per heavy atom. The summed E-state index contributed by atoms with van der Waals surface area (Å²) in [7, 11) is 0. The van der Waals surface area contributed by atoms with Gasteiger partial charge in [0, 0.05) is 36.6 Å². The maximum Gasteiger partial charge on any atom is 0.132 e. The summed E-state index contributed by atoms with van der Waals surface area (Å²) in [5.74, 6) is 1.88. The molecule has 2 aromatic carbocycles. The van der Waals surface area contributed by atoms with Crippen molar-refractivity contribution in [3.63, 3.8) is 0 Å². The summed E-state index contributed by atoms with van der Waals surface area (Å²) >= 11 is 0. The fraction of sp³-hybridized carbons (Fsp3) is 0.318. The van der Waals surface area contributed by atoms with E-state index < -0.39 is 0 Å². The van der Waals surface area contributed by atoms with E-state index in [0.29, 0.717) is 0 Å². The van der Waals surface area contributed by atoms with Crippen molar-refractivity contribution >= 4 is 0 Å². The van der Waals surface area contributed by atoms with Crippen LogP contribution in [0.3, 0.4) is 0 Å². The van der Waals surface area contributed by atoms with E-state index in [0.717, 1.165) is 24.6 Å². The number of benzene rings is 2. The molecule has 1 N–H and O–H groups in total. The van der Waals surface area contributed by atoms with Crippen LogP contribution in [0.2, 0.25) is 0 Å². The second-order valence-corrected chi connectivity index (χ2v) is 7.83. The topological polar surface area (TPSA) is 39.1 Å². The highest BCUT2D eigenvalue weighted by molar-refractivity contribution is 5.54. The predicted molar refractivity (Wildman–Crippen MR) is 104 cm³/mol. The normalized spacial score (nSPS) is 15.9. The Morgan fingerprint density at radius 1 is 1.08 bits per heavy atom. The van der Waals surface area contributed by atoms with Crippen molar-refractivity contribution in [2.24, 2.45) is 0 Å². The summed E-state index contributed by atoms with van der Waals surface area (Å²) in [6.07, 6.45) is 5.66. The molecule has 0 bridgehead atoms. The van der Waals surface area contributed by atoms with Crippen LogP contribution in [0.25, 0.3) is 0 Å². The Hall–Kier alpha value is -2.59. The van der Waals surface area contributed by atoms with Gasteiger partial charge in [-0.05, 0) is 29.2 Å². The minimum absolute atomic E-state index is 0.105. The molecule has 26 heavy (non-hydrogen) atoms. The van der Waals surface area contributed by atoms with E-state index in [9.17, 15) is 0 Å². The first-order chi connectivity index (χ1) is 12.5. The number of nitrogens with one attached hydrogen (secondary N) is 1. The van der Waals surface area contributed by atoms with Gasteiger partial charge < -0.3 is 14.6 Å². The molecule has 2 heterocycles. The number of rotatable bonds is 4. The number of aromatic nitrogens is 2. The molecule has 4 rings (SSSR count). The molecule has 4 nitrogen and oxygen atoms in total. The van der Waals surface area contributed by atoms with Crippen LogP contribution in [-0.2, 0) is 12.0 Å². The largest absolute Gasteiger partial charge is 0.457 e. The van der Waals surface area contributed by atoms with Gasteiger partial charge in [-0.2, -0.15) is 0 Å². The van der Waals surface area contributed by atoms with Gasteiger partial charge >= 0.3 is 0 Å². The highest BCUT2D eigenvalue weighted by Gasteiger charge is 2.28. The van der Waals surface area contributed by atoms with E-state index in [-0.39, 0.29) is 11.5 Å². The third-order valence-corrected chi connectivity index (χ3v) is 4.91. The average Bonchev–Trinajstić information content (AvgIpc) is 3.13. The fourth-order valence-electron chi connectivity index (χ4n) is 3.41. The smallest absolute Gasteiger partial charge is 0.132 e. The lowest BCUT2D eigenvalue weighted by Crippen LogP contribution is -2.29. The molecule has 0 aliphatic carbocycles. The third kappa shape index (κ3) is 3.25. The third-order valence-electron chi connectivity index (χ3n) is 4.91. The molecule has 3 aromatic rings. The van der Waals surface area contributed by atoms with Gasteiger partial charge in [-0.15, -0.1) is 0 Å². The van der Waals surface area contributed by atoms with E-state index in [4.69, 9.17) is 4.74 Å². The Morgan fingerprint density at radius 2 is 1.88 bits per heavy atom. The van der Waals surface area contributed by atoms with Crippen molar-refractivity contribution in [2.45, 2.75) is 38.8 Å². The molecule has 0 saturated carbocycles. The number of ether oxygens (including phenoxy) is 1. The summed E-state index contributed by atoms with van der Waals surface area (Å²) in [6.45, 7) is 8.47. The Bertz CT molecular complexity index is 894. The van der Waals surface area contributed by atoms with Gasteiger partial charge in [0.15, 0.2) is 0 Å². The first-order valence-corrected chi connectivity index (χ1v) is 9.13. The molecule has 0 spiro atoms. The van der Waals surface area contributed by atoms with Crippen molar-refractivity contribution in [2.75, 3.05) is 6.54 Å². The lowest BCUT2D eigenvalue weighted by Gasteiger charge is -2.31. The van der Waals surface area contributed by atoms with Crippen molar-refractivity contribution in [1.82, 2.24) is 14.9 Å². The van der Waals surface area contributed by atoms with Crippen molar-refractivity contribution < 1.29 is 4.74 Å². The fourth-order valence-corrected chi connectivity index (χ4v) is 3.41. The lowest BCUT2D eigenvalue weighted by atomic mass is 9.83. The van der Waals surface area contributed by atoms with Crippen LogP contribution in [0.5, 0.6) is 11.5 Å². The van der Waals surface area contributed by atoms with Crippen molar-refractivity contribution in [3.05, 3.63) is 77.9 Å². The molecule has 1 aliphatic heterocycles. The Balaban J connectivity index is 1.66. The molecule has 134 valence electrons. The second-order valence-electron chi connectivity index (χ2n) is 7.83. The van der Waals surface area contributed by atoms with Crippen LogP contribution in [-0.4, -0.2) is 16.1 Å². The molecular weight excluding hydrogens is 322 g/mol. The Labute approximate surface area is 154 Å². The number of imidazole rings is 1. The van der Waals surface area contributed by atoms with Crippen LogP contribution in [0.4, 0.5) is 0 Å². The molecule has 4 heteroatoms. The molecular formula is C22H25N3O. The quantitative estimate of drug-likeness (QED) is 0.746. The molecule has 0 radical (unpaired) electrons. The number of hydrogen-bond donors (Lipinski definition) is 1. The van der Waals surface area contributed by atoms with Gasteiger partial charge in [-0.3, -0.25) is 0 Å². The summed E-state index contributed by atoms with van der Waals surface area (Å²) in [5.41, 5.74) is 3.83. The number of para-hydroxylation sites is 1. The maximum absolute atomic E-state index is 6.17. The first-order valence-electron chi connectivity index (χ1n) is 9.13. The van der Waals surface area contributed by atoms with Gasteiger partial charge in [-0.1, -0.05) is 45.0 Å². The molecule has 0 amide bonds. The summed E-state index contributed by atoms with van der Waals surface area (Å²) in [5, 5.41) is 3.72. The van der Waals surface area contributed by atoms with Crippen LogP contribution >= 0.6 is 0 Å². The van der Waals surface area contributed by atoms with Gasteiger partial charge in [0.25, 0.3) is 0 Å². The summed E-state index contributed by atoms with van der Waals surface area (Å²) in [6, 6.07) is 15.0. The molecule has 1 unspecified atom stereocenters. The SMILES string of the molecule is CC(C)(C)c1ccc2c(c1)C(NCCn1ccnc1)c1ccccc1O2. The lowest BCUT2D eigenvalue weighted by molar-refractivity contribution is 0.423. The molecule has 1 aromatic heterocycles. The molecule has 1 atom stereocenters. The monoisotopic (exact) mass is 347 g/mol. The minimum atomic E-state index is 0.105. The zero-order valence-electron chi connectivity index (χ0n) is 15.6. The van der Waals surface area contributed by atoms with Crippen LogP contribution < -0.4 is 10.1 Å². The van der Waals surface area contributed by atoms with E-state index >= 15 is 0 Å². The molecule has 1 aliphatic rings. The second kappa shape index (κ2) is 6.61. The van der Waals surface area contributed by atoms with Crippen molar-refractivity contribution in [3.8, 4) is 11.5 Å². The number of hydrogen-bond acceptors (Lipinski definition) is 3.